The molecule has 0 unspecified atom stereocenters. The molecule has 0 aliphatic carbocycles. The van der Waals surface area contributed by atoms with Gasteiger partial charge in [0.1, 0.15) is 11.2 Å². The molecule has 0 aromatic carbocycles. The number of carbonyl (C=O) groups is 2. The van der Waals surface area contributed by atoms with Gasteiger partial charge in [-0.3, -0.25) is 4.57 Å². The third kappa shape index (κ3) is 3.59. The van der Waals surface area contributed by atoms with Gasteiger partial charge in [0.15, 0.2) is 5.75 Å². The predicted octanol–water partition coefficient (Wildman–Crippen LogP) is 3.41. The lowest BCUT2D eigenvalue weighted by molar-refractivity contribution is -0.129. The summed E-state index contributed by atoms with van der Waals surface area (Å²) in [6.07, 6.45) is 3.75. The summed E-state index contributed by atoms with van der Waals surface area (Å²) >= 11 is 0. The number of hydrogen-bond acceptors (Lipinski definition) is 6. The maximum atomic E-state index is 12.5. The predicted molar refractivity (Wildman–Crippen MR) is 99.1 cm³/mol. The van der Waals surface area contributed by atoms with Gasteiger partial charge in [0.25, 0.3) is 0 Å². The third-order valence-corrected chi connectivity index (χ3v) is 3.66. The van der Waals surface area contributed by atoms with Gasteiger partial charge in [-0.2, -0.15) is 4.68 Å². The van der Waals surface area contributed by atoms with E-state index in [9.17, 15) is 9.59 Å². The van der Waals surface area contributed by atoms with Gasteiger partial charge in [-0.25, -0.2) is 14.6 Å². The second-order valence-corrected chi connectivity index (χ2v) is 6.86. The van der Waals surface area contributed by atoms with Crippen molar-refractivity contribution in [1.29, 1.82) is 0 Å². The summed E-state index contributed by atoms with van der Waals surface area (Å²) in [5, 5.41) is 5.21. The molecule has 0 saturated carbocycles. The molecule has 3 heterocycles. The van der Waals surface area contributed by atoms with E-state index >= 15 is 0 Å². The first-order valence-corrected chi connectivity index (χ1v) is 8.31. The molecule has 0 fully saturated rings. The van der Waals surface area contributed by atoms with E-state index in [0.29, 0.717) is 11.3 Å². The molecule has 0 bridgehead atoms. The van der Waals surface area contributed by atoms with Crippen molar-refractivity contribution in [2.24, 2.45) is 0 Å². The highest BCUT2D eigenvalue weighted by molar-refractivity contribution is 5.85. The summed E-state index contributed by atoms with van der Waals surface area (Å²) in [6, 6.07) is 5.56. The van der Waals surface area contributed by atoms with Crippen molar-refractivity contribution in [3.05, 3.63) is 48.9 Å². The number of hydrogen-bond donors (Lipinski definition) is 0. The molecular weight excluding hydrogens is 348 g/mol. The molecule has 0 aliphatic rings. The summed E-state index contributed by atoms with van der Waals surface area (Å²) in [4.78, 5) is 28.7. The SMILES string of the molecule is C=CC(=O)Oc1c(-n2ccc3cccnc32)nn(C(=O)OC(C)(C)C)c1C. The number of fused-ring (bicyclic) bond motifs is 1. The van der Waals surface area contributed by atoms with Gasteiger partial charge in [0.05, 0.1) is 5.69 Å². The second kappa shape index (κ2) is 6.71. The lowest BCUT2D eigenvalue weighted by Gasteiger charge is -2.19. The number of aromatic nitrogens is 4. The molecule has 3 aromatic heterocycles. The number of pyridine rings is 1. The first-order valence-electron chi connectivity index (χ1n) is 8.31. The van der Waals surface area contributed by atoms with Crippen LogP contribution in [0.1, 0.15) is 26.5 Å². The molecular formula is C19H20N4O4. The van der Waals surface area contributed by atoms with Gasteiger partial charge in [-0.05, 0) is 45.9 Å². The molecule has 0 N–H and O–H groups in total. The van der Waals surface area contributed by atoms with Gasteiger partial charge in [-0.1, -0.05) is 6.58 Å². The molecule has 3 aromatic rings. The molecule has 8 nitrogen and oxygen atoms in total. The summed E-state index contributed by atoms with van der Waals surface area (Å²) < 4.78 is 13.5. The molecule has 140 valence electrons. The molecule has 8 heteroatoms. The topological polar surface area (TPSA) is 88.2 Å². The Morgan fingerprint density at radius 2 is 2.00 bits per heavy atom. The van der Waals surface area contributed by atoms with Crippen LogP contribution in [-0.4, -0.2) is 37.0 Å². The van der Waals surface area contributed by atoms with Crippen LogP contribution in [0, 0.1) is 6.92 Å². The lowest BCUT2D eigenvalue weighted by atomic mass is 10.2. The van der Waals surface area contributed by atoms with Crippen molar-refractivity contribution in [2.45, 2.75) is 33.3 Å². The maximum Gasteiger partial charge on any atom is 0.435 e. The van der Waals surface area contributed by atoms with E-state index in [1.54, 1.807) is 44.7 Å². The van der Waals surface area contributed by atoms with Crippen molar-refractivity contribution in [2.75, 3.05) is 0 Å². The average molecular weight is 368 g/mol. The second-order valence-electron chi connectivity index (χ2n) is 6.86. The zero-order chi connectivity index (χ0) is 19.8. The van der Waals surface area contributed by atoms with Crippen LogP contribution in [0.5, 0.6) is 5.75 Å². The van der Waals surface area contributed by atoms with Crippen molar-refractivity contribution in [3.63, 3.8) is 0 Å². The minimum Gasteiger partial charge on any atom is -0.442 e. The monoisotopic (exact) mass is 368 g/mol. The van der Waals surface area contributed by atoms with E-state index in [0.717, 1.165) is 16.1 Å². The quantitative estimate of drug-likeness (QED) is 0.520. The summed E-state index contributed by atoms with van der Waals surface area (Å²) in [7, 11) is 0. The Balaban J connectivity index is 2.17. The van der Waals surface area contributed by atoms with E-state index in [1.165, 1.54) is 0 Å². The van der Waals surface area contributed by atoms with Crippen molar-refractivity contribution in [3.8, 4) is 11.6 Å². The van der Waals surface area contributed by atoms with Crippen molar-refractivity contribution < 1.29 is 19.1 Å². The molecule has 0 radical (unpaired) electrons. The van der Waals surface area contributed by atoms with E-state index in [4.69, 9.17) is 9.47 Å². The number of ether oxygens (including phenoxy) is 2. The minimum atomic E-state index is -0.699. The van der Waals surface area contributed by atoms with Crippen LogP contribution in [0.25, 0.3) is 16.9 Å². The van der Waals surface area contributed by atoms with Crippen LogP contribution in [0.4, 0.5) is 4.79 Å². The fraction of sp³-hybridized carbons (Fsp3) is 0.263. The maximum absolute atomic E-state index is 12.5. The Bertz CT molecular complexity index is 1040. The minimum absolute atomic E-state index is 0.133. The molecule has 27 heavy (non-hydrogen) atoms. The number of esters is 1. The van der Waals surface area contributed by atoms with Crippen LogP contribution in [-0.2, 0) is 9.53 Å². The van der Waals surface area contributed by atoms with Crippen LogP contribution < -0.4 is 4.74 Å². The van der Waals surface area contributed by atoms with E-state index in [-0.39, 0.29) is 11.6 Å². The average Bonchev–Trinajstić information content (AvgIpc) is 3.15. The van der Waals surface area contributed by atoms with Crippen molar-refractivity contribution in [1.82, 2.24) is 19.3 Å². The van der Waals surface area contributed by atoms with Crippen LogP contribution >= 0.6 is 0 Å². The fourth-order valence-corrected chi connectivity index (χ4v) is 2.51. The molecule has 0 atom stereocenters. The van der Waals surface area contributed by atoms with Gasteiger partial charge in [0.2, 0.25) is 5.82 Å². The van der Waals surface area contributed by atoms with Gasteiger partial charge < -0.3 is 9.47 Å². The van der Waals surface area contributed by atoms with Crippen molar-refractivity contribution >= 4 is 23.1 Å². The first kappa shape index (κ1) is 18.4. The molecule has 0 spiro atoms. The fourth-order valence-electron chi connectivity index (χ4n) is 2.51. The zero-order valence-electron chi connectivity index (χ0n) is 15.6. The largest absolute Gasteiger partial charge is 0.442 e. The van der Waals surface area contributed by atoms with E-state index in [1.807, 2.05) is 18.2 Å². The van der Waals surface area contributed by atoms with Crippen LogP contribution in [0.15, 0.2) is 43.2 Å². The number of carbonyl (C=O) groups excluding carboxylic acids is 2. The Hall–Kier alpha value is -3.42. The molecule has 3 rings (SSSR count). The standard InChI is InChI=1S/C19H20N4O4/c1-6-14(24)26-15-12(2)23(18(25)27-19(3,4)5)21-17(15)22-11-9-13-8-7-10-20-16(13)22/h6-11H,1H2,2-5H3. The lowest BCUT2D eigenvalue weighted by Crippen LogP contribution is -2.28. The Morgan fingerprint density at radius 1 is 1.26 bits per heavy atom. The van der Waals surface area contributed by atoms with Crippen LogP contribution in [0.3, 0.4) is 0 Å². The Labute approximate surface area is 156 Å². The highest BCUT2D eigenvalue weighted by Gasteiger charge is 2.27. The van der Waals surface area contributed by atoms with Crippen LogP contribution in [0.2, 0.25) is 0 Å². The van der Waals surface area contributed by atoms with E-state index in [2.05, 4.69) is 16.7 Å². The first-order chi connectivity index (χ1) is 12.7. The highest BCUT2D eigenvalue weighted by atomic mass is 16.6. The van der Waals surface area contributed by atoms with Gasteiger partial charge >= 0.3 is 12.1 Å². The molecule has 0 aliphatic heterocycles. The summed E-state index contributed by atoms with van der Waals surface area (Å²) in [5.41, 5.74) is 0.240. The molecule has 0 amide bonds. The highest BCUT2D eigenvalue weighted by Crippen LogP contribution is 2.30. The Kier molecular flexibility index (Phi) is 4.57. The smallest absolute Gasteiger partial charge is 0.435 e. The van der Waals surface area contributed by atoms with Gasteiger partial charge in [0, 0.05) is 23.9 Å². The molecule has 0 saturated heterocycles. The zero-order valence-corrected chi connectivity index (χ0v) is 15.6. The normalized spacial score (nSPS) is 11.4. The van der Waals surface area contributed by atoms with Gasteiger partial charge in [-0.15, -0.1) is 5.10 Å². The summed E-state index contributed by atoms with van der Waals surface area (Å²) in [6.45, 7) is 10.3. The number of nitrogens with zero attached hydrogens (tertiary/aromatic N) is 4. The third-order valence-electron chi connectivity index (χ3n) is 3.66. The number of rotatable bonds is 3. The van der Waals surface area contributed by atoms with E-state index < -0.39 is 17.7 Å². The Morgan fingerprint density at radius 3 is 2.67 bits per heavy atom. The summed E-state index contributed by atoms with van der Waals surface area (Å²) in [5.74, 6) is -0.274.